The van der Waals surface area contributed by atoms with Crippen molar-refractivity contribution >= 4 is 11.6 Å². The van der Waals surface area contributed by atoms with Crippen LogP contribution in [0.3, 0.4) is 0 Å². The molecule has 1 aromatic rings. The van der Waals surface area contributed by atoms with Crippen molar-refractivity contribution in [2.45, 2.75) is 32.6 Å². The summed E-state index contributed by atoms with van der Waals surface area (Å²) in [6, 6.07) is 3.70. The third kappa shape index (κ3) is 3.45. The minimum atomic E-state index is -0.0675. The van der Waals surface area contributed by atoms with Gasteiger partial charge in [0.2, 0.25) is 0 Å². The van der Waals surface area contributed by atoms with Crippen molar-refractivity contribution in [1.82, 2.24) is 10.3 Å². The van der Waals surface area contributed by atoms with E-state index in [0.717, 1.165) is 25.2 Å². The molecule has 1 aliphatic carbocycles. The number of carbonyl (C=O) groups excluding carboxylic acids is 1. The van der Waals surface area contributed by atoms with Crippen LogP contribution in [-0.4, -0.2) is 24.0 Å². The van der Waals surface area contributed by atoms with E-state index in [-0.39, 0.29) is 5.91 Å². The van der Waals surface area contributed by atoms with Gasteiger partial charge >= 0.3 is 0 Å². The first-order valence-corrected chi connectivity index (χ1v) is 6.77. The van der Waals surface area contributed by atoms with Crippen molar-refractivity contribution in [3.8, 4) is 0 Å². The molecule has 4 nitrogen and oxygen atoms in total. The van der Waals surface area contributed by atoms with Crippen LogP contribution >= 0.6 is 0 Å². The zero-order chi connectivity index (χ0) is 12.8. The highest BCUT2D eigenvalue weighted by Crippen LogP contribution is 2.25. The molecule has 0 atom stereocenters. The van der Waals surface area contributed by atoms with Gasteiger partial charge in [0.15, 0.2) is 0 Å². The smallest absolute Gasteiger partial charge is 0.269 e. The highest BCUT2D eigenvalue weighted by molar-refractivity contribution is 5.93. The number of anilines is 1. The van der Waals surface area contributed by atoms with Crippen molar-refractivity contribution in [3.05, 3.63) is 24.0 Å². The quantitative estimate of drug-likeness (QED) is 0.811. The predicted molar refractivity (Wildman–Crippen MR) is 72.7 cm³/mol. The molecule has 2 rings (SSSR count). The molecule has 98 valence electrons. The Morgan fingerprint density at radius 1 is 1.50 bits per heavy atom. The zero-order valence-corrected chi connectivity index (χ0v) is 10.9. The maximum atomic E-state index is 11.9. The summed E-state index contributed by atoms with van der Waals surface area (Å²) in [6.45, 7) is 3.81. The number of hydrogen-bond acceptors (Lipinski definition) is 3. The summed E-state index contributed by atoms with van der Waals surface area (Å²) < 4.78 is 0. The summed E-state index contributed by atoms with van der Waals surface area (Å²) >= 11 is 0. The molecule has 1 aromatic heterocycles. The van der Waals surface area contributed by atoms with Crippen LogP contribution in [0.1, 0.15) is 43.1 Å². The monoisotopic (exact) mass is 247 g/mol. The SMILES string of the molecule is CCCNc1ccnc(C(=O)NCC2CCC2)c1. The summed E-state index contributed by atoms with van der Waals surface area (Å²) in [7, 11) is 0. The molecule has 1 amide bonds. The molecular formula is C14H21N3O. The number of carbonyl (C=O) groups is 1. The van der Waals surface area contributed by atoms with Crippen molar-refractivity contribution in [2.75, 3.05) is 18.4 Å². The summed E-state index contributed by atoms with van der Waals surface area (Å²) in [5, 5.41) is 6.21. The topological polar surface area (TPSA) is 54.0 Å². The van der Waals surface area contributed by atoms with E-state index in [2.05, 4.69) is 22.5 Å². The van der Waals surface area contributed by atoms with Gasteiger partial charge in [0.25, 0.3) is 5.91 Å². The highest BCUT2D eigenvalue weighted by atomic mass is 16.1. The van der Waals surface area contributed by atoms with Crippen molar-refractivity contribution in [2.24, 2.45) is 5.92 Å². The Bertz CT molecular complexity index is 402. The zero-order valence-electron chi connectivity index (χ0n) is 10.9. The van der Waals surface area contributed by atoms with E-state index >= 15 is 0 Å². The molecule has 0 spiro atoms. The van der Waals surface area contributed by atoms with E-state index in [1.54, 1.807) is 6.20 Å². The predicted octanol–water partition coefficient (Wildman–Crippen LogP) is 2.43. The first-order chi connectivity index (χ1) is 8.79. The number of nitrogens with one attached hydrogen (secondary N) is 2. The fraction of sp³-hybridized carbons (Fsp3) is 0.571. The van der Waals surface area contributed by atoms with Crippen LogP contribution in [0.15, 0.2) is 18.3 Å². The second-order valence-corrected chi connectivity index (χ2v) is 4.86. The molecule has 0 saturated heterocycles. The lowest BCUT2D eigenvalue weighted by molar-refractivity contribution is 0.0934. The second kappa shape index (κ2) is 6.38. The average molecular weight is 247 g/mol. The number of aromatic nitrogens is 1. The molecule has 4 heteroatoms. The van der Waals surface area contributed by atoms with Gasteiger partial charge in [0.05, 0.1) is 0 Å². The molecule has 0 aromatic carbocycles. The minimum absolute atomic E-state index is 0.0675. The first-order valence-electron chi connectivity index (χ1n) is 6.77. The van der Waals surface area contributed by atoms with E-state index in [1.807, 2.05) is 12.1 Å². The number of amides is 1. The number of hydrogen-bond donors (Lipinski definition) is 2. The van der Waals surface area contributed by atoms with Gasteiger partial charge in [-0.05, 0) is 37.3 Å². The standard InChI is InChI=1S/C14H21N3O/c1-2-7-15-12-6-8-16-13(9-12)14(18)17-10-11-4-3-5-11/h6,8-9,11H,2-5,7,10H2,1H3,(H,15,16)(H,17,18). The highest BCUT2D eigenvalue weighted by Gasteiger charge is 2.18. The lowest BCUT2D eigenvalue weighted by atomic mass is 9.85. The lowest BCUT2D eigenvalue weighted by Gasteiger charge is -2.25. The summed E-state index contributed by atoms with van der Waals surface area (Å²) in [5.41, 5.74) is 1.45. The Balaban J connectivity index is 1.87. The number of pyridine rings is 1. The Kier molecular flexibility index (Phi) is 4.56. The van der Waals surface area contributed by atoms with Gasteiger partial charge in [0, 0.05) is 25.0 Å². The van der Waals surface area contributed by atoms with Crippen LogP contribution in [-0.2, 0) is 0 Å². The molecule has 0 radical (unpaired) electrons. The Morgan fingerprint density at radius 2 is 2.33 bits per heavy atom. The maximum absolute atomic E-state index is 11.9. The van der Waals surface area contributed by atoms with Crippen LogP contribution in [0.5, 0.6) is 0 Å². The molecule has 18 heavy (non-hydrogen) atoms. The maximum Gasteiger partial charge on any atom is 0.269 e. The van der Waals surface area contributed by atoms with E-state index in [0.29, 0.717) is 11.6 Å². The van der Waals surface area contributed by atoms with Gasteiger partial charge in [-0.3, -0.25) is 9.78 Å². The van der Waals surface area contributed by atoms with Crippen LogP contribution < -0.4 is 10.6 Å². The molecule has 1 heterocycles. The summed E-state index contributed by atoms with van der Waals surface area (Å²) in [4.78, 5) is 16.0. The summed E-state index contributed by atoms with van der Waals surface area (Å²) in [5.74, 6) is 0.609. The Morgan fingerprint density at radius 3 is 3.00 bits per heavy atom. The van der Waals surface area contributed by atoms with Gasteiger partial charge in [-0.2, -0.15) is 0 Å². The van der Waals surface area contributed by atoms with Gasteiger partial charge in [0.1, 0.15) is 5.69 Å². The molecule has 2 N–H and O–H groups in total. The molecule has 0 aliphatic heterocycles. The van der Waals surface area contributed by atoms with E-state index in [4.69, 9.17) is 0 Å². The van der Waals surface area contributed by atoms with Crippen molar-refractivity contribution in [3.63, 3.8) is 0 Å². The second-order valence-electron chi connectivity index (χ2n) is 4.86. The van der Waals surface area contributed by atoms with Crippen LogP contribution in [0, 0.1) is 5.92 Å². The number of nitrogens with zero attached hydrogens (tertiary/aromatic N) is 1. The molecule has 1 saturated carbocycles. The molecular weight excluding hydrogens is 226 g/mol. The Labute approximate surface area is 108 Å². The van der Waals surface area contributed by atoms with Gasteiger partial charge in [-0.15, -0.1) is 0 Å². The molecule has 1 aliphatic rings. The Hall–Kier alpha value is -1.58. The van der Waals surface area contributed by atoms with Gasteiger partial charge in [-0.25, -0.2) is 0 Å². The fourth-order valence-corrected chi connectivity index (χ4v) is 1.96. The van der Waals surface area contributed by atoms with Crippen LogP contribution in [0.2, 0.25) is 0 Å². The molecule has 1 fully saturated rings. The molecule has 0 bridgehead atoms. The van der Waals surface area contributed by atoms with Crippen molar-refractivity contribution in [1.29, 1.82) is 0 Å². The third-order valence-electron chi connectivity index (χ3n) is 3.35. The van der Waals surface area contributed by atoms with Crippen LogP contribution in [0.25, 0.3) is 0 Å². The fourth-order valence-electron chi connectivity index (χ4n) is 1.96. The molecule has 0 unspecified atom stereocenters. The van der Waals surface area contributed by atoms with Gasteiger partial charge < -0.3 is 10.6 Å². The van der Waals surface area contributed by atoms with Crippen LogP contribution in [0.4, 0.5) is 5.69 Å². The summed E-state index contributed by atoms with van der Waals surface area (Å²) in [6.07, 6.45) is 6.52. The van der Waals surface area contributed by atoms with Gasteiger partial charge in [-0.1, -0.05) is 13.3 Å². The lowest BCUT2D eigenvalue weighted by Crippen LogP contribution is -2.32. The minimum Gasteiger partial charge on any atom is -0.385 e. The average Bonchev–Trinajstić information content (AvgIpc) is 2.34. The van der Waals surface area contributed by atoms with E-state index < -0.39 is 0 Å². The largest absolute Gasteiger partial charge is 0.385 e. The first kappa shape index (κ1) is 12.9. The van der Waals surface area contributed by atoms with E-state index in [9.17, 15) is 4.79 Å². The normalized spacial score (nSPS) is 14.9. The van der Waals surface area contributed by atoms with Crippen molar-refractivity contribution < 1.29 is 4.79 Å². The van der Waals surface area contributed by atoms with E-state index in [1.165, 1.54) is 19.3 Å². The number of rotatable bonds is 6. The third-order valence-corrected chi connectivity index (χ3v) is 3.35.